The van der Waals surface area contributed by atoms with Crippen LogP contribution in [0.4, 0.5) is 5.69 Å². The number of rotatable bonds is 5. The van der Waals surface area contributed by atoms with Crippen LogP contribution in [0.25, 0.3) is 0 Å². The summed E-state index contributed by atoms with van der Waals surface area (Å²) in [6.45, 7) is 7.77. The molecule has 1 saturated carbocycles. The van der Waals surface area contributed by atoms with Crippen LogP contribution in [0.1, 0.15) is 38.0 Å². The third-order valence-corrected chi connectivity index (χ3v) is 4.45. The van der Waals surface area contributed by atoms with Crippen LogP contribution in [-0.2, 0) is 0 Å². The van der Waals surface area contributed by atoms with Crippen molar-refractivity contribution in [1.29, 1.82) is 0 Å². The van der Waals surface area contributed by atoms with Crippen molar-refractivity contribution in [2.75, 3.05) is 37.6 Å². The Kier molecular flexibility index (Phi) is 4.22. The fraction of sp³-hybridized carbons (Fsp3) is 0.688. The Bertz CT molecular complexity index is 422. The summed E-state index contributed by atoms with van der Waals surface area (Å²) in [7, 11) is 0. The number of aromatic nitrogens is 1. The second-order valence-corrected chi connectivity index (χ2v) is 6.10. The molecule has 2 heterocycles. The number of nitrogens with zero attached hydrogens (tertiary/aromatic N) is 3. The first-order valence-corrected chi connectivity index (χ1v) is 7.87. The molecule has 0 spiro atoms. The lowest BCUT2D eigenvalue weighted by molar-refractivity contribution is 0.169. The van der Waals surface area contributed by atoms with Crippen LogP contribution in [0, 0.1) is 5.92 Å². The summed E-state index contributed by atoms with van der Waals surface area (Å²) < 4.78 is 0. The molecule has 0 bridgehead atoms. The van der Waals surface area contributed by atoms with E-state index in [4.69, 9.17) is 0 Å². The van der Waals surface area contributed by atoms with Gasteiger partial charge in [-0.25, -0.2) is 0 Å². The molecule has 0 unspecified atom stereocenters. The largest absolute Gasteiger partial charge is 0.387 e. The van der Waals surface area contributed by atoms with Gasteiger partial charge in [-0.2, -0.15) is 0 Å². The molecule has 0 radical (unpaired) electrons. The molecule has 0 aromatic carbocycles. The third kappa shape index (κ3) is 3.30. The zero-order valence-electron chi connectivity index (χ0n) is 12.3. The fourth-order valence-corrected chi connectivity index (χ4v) is 2.85. The van der Waals surface area contributed by atoms with Gasteiger partial charge in [0.15, 0.2) is 0 Å². The van der Waals surface area contributed by atoms with Crippen molar-refractivity contribution in [3.8, 4) is 0 Å². The van der Waals surface area contributed by atoms with Crippen LogP contribution in [0.3, 0.4) is 0 Å². The molecule has 4 heteroatoms. The van der Waals surface area contributed by atoms with Gasteiger partial charge in [-0.15, -0.1) is 0 Å². The molecular formula is C16H25N3O. The fourth-order valence-electron chi connectivity index (χ4n) is 2.85. The lowest BCUT2D eigenvalue weighted by Gasteiger charge is -2.36. The Labute approximate surface area is 121 Å². The van der Waals surface area contributed by atoms with Crippen molar-refractivity contribution in [3.63, 3.8) is 0 Å². The summed E-state index contributed by atoms with van der Waals surface area (Å²) in [5.74, 6) is 0.984. The van der Waals surface area contributed by atoms with E-state index < -0.39 is 6.10 Å². The predicted octanol–water partition coefficient (Wildman–Crippen LogP) is 2.06. The second-order valence-electron chi connectivity index (χ2n) is 6.10. The molecule has 4 nitrogen and oxygen atoms in total. The lowest BCUT2D eigenvalue weighted by Crippen LogP contribution is -2.47. The van der Waals surface area contributed by atoms with Gasteiger partial charge in [0.25, 0.3) is 0 Å². The predicted molar refractivity (Wildman–Crippen MR) is 80.9 cm³/mol. The Morgan fingerprint density at radius 3 is 2.55 bits per heavy atom. The van der Waals surface area contributed by atoms with Gasteiger partial charge in [0.2, 0.25) is 0 Å². The van der Waals surface area contributed by atoms with Gasteiger partial charge in [0.05, 0.1) is 23.7 Å². The first-order valence-electron chi connectivity index (χ1n) is 7.87. The Balaban J connectivity index is 1.54. The Morgan fingerprint density at radius 2 is 2.00 bits per heavy atom. The van der Waals surface area contributed by atoms with Gasteiger partial charge in [-0.1, -0.05) is 6.92 Å². The molecule has 1 aromatic rings. The smallest absolute Gasteiger partial charge is 0.0957 e. The van der Waals surface area contributed by atoms with E-state index in [0.29, 0.717) is 6.42 Å². The standard InChI is InChI=1S/C16H25N3O/c1-2-16(20)15-6-5-14(11-17-15)19-9-7-18(8-10-19)12-13-3-4-13/h5-6,11,13,16,20H,2-4,7-10,12H2,1H3/t16-/m0/s1. The lowest BCUT2D eigenvalue weighted by atomic mass is 10.2. The number of piperazine rings is 1. The van der Waals surface area contributed by atoms with Crippen molar-refractivity contribution in [3.05, 3.63) is 24.0 Å². The summed E-state index contributed by atoms with van der Waals surface area (Å²) in [6.07, 6.45) is 5.06. The maximum absolute atomic E-state index is 9.77. The van der Waals surface area contributed by atoms with Crippen LogP contribution < -0.4 is 4.90 Å². The zero-order chi connectivity index (χ0) is 13.9. The first-order chi connectivity index (χ1) is 9.76. The van der Waals surface area contributed by atoms with Crippen molar-refractivity contribution in [1.82, 2.24) is 9.88 Å². The maximum atomic E-state index is 9.77. The highest BCUT2D eigenvalue weighted by atomic mass is 16.3. The summed E-state index contributed by atoms with van der Waals surface area (Å²) in [5, 5.41) is 9.77. The topological polar surface area (TPSA) is 39.6 Å². The summed E-state index contributed by atoms with van der Waals surface area (Å²) in [4.78, 5) is 9.39. The van der Waals surface area contributed by atoms with Crippen molar-refractivity contribution in [2.24, 2.45) is 5.92 Å². The minimum absolute atomic E-state index is 0.431. The second kappa shape index (κ2) is 6.10. The van der Waals surface area contributed by atoms with E-state index in [1.54, 1.807) is 0 Å². The number of anilines is 1. The van der Waals surface area contributed by atoms with Gasteiger partial charge < -0.3 is 10.0 Å². The number of aliphatic hydroxyl groups excluding tert-OH is 1. The highest BCUT2D eigenvalue weighted by Crippen LogP contribution is 2.30. The van der Waals surface area contributed by atoms with E-state index in [0.717, 1.165) is 37.8 Å². The van der Waals surface area contributed by atoms with Crippen LogP contribution in [0.15, 0.2) is 18.3 Å². The molecule has 0 amide bonds. The van der Waals surface area contributed by atoms with Gasteiger partial charge in [0.1, 0.15) is 0 Å². The number of pyridine rings is 1. The van der Waals surface area contributed by atoms with E-state index >= 15 is 0 Å². The number of aliphatic hydroxyl groups is 1. The zero-order valence-corrected chi connectivity index (χ0v) is 12.3. The average molecular weight is 275 g/mol. The highest BCUT2D eigenvalue weighted by molar-refractivity contribution is 5.45. The SMILES string of the molecule is CC[C@H](O)c1ccc(N2CCN(CC3CC3)CC2)cn1. The normalized spacial score (nSPS) is 22.0. The van der Waals surface area contributed by atoms with Gasteiger partial charge >= 0.3 is 0 Å². The first kappa shape index (κ1) is 13.8. The van der Waals surface area contributed by atoms with E-state index in [2.05, 4.69) is 20.9 Å². The molecule has 2 aliphatic rings. The number of hydrogen-bond acceptors (Lipinski definition) is 4. The molecule has 3 rings (SSSR count). The van der Waals surface area contributed by atoms with Crippen LogP contribution in [-0.4, -0.2) is 47.7 Å². The van der Waals surface area contributed by atoms with E-state index in [1.807, 2.05) is 19.2 Å². The van der Waals surface area contributed by atoms with Gasteiger partial charge in [-0.3, -0.25) is 9.88 Å². The molecule has 1 atom stereocenters. The molecular weight excluding hydrogens is 250 g/mol. The molecule has 1 aliphatic carbocycles. The molecule has 1 saturated heterocycles. The highest BCUT2D eigenvalue weighted by Gasteiger charge is 2.26. The summed E-state index contributed by atoms with van der Waals surface area (Å²) in [6, 6.07) is 4.05. The monoisotopic (exact) mass is 275 g/mol. The summed E-state index contributed by atoms with van der Waals surface area (Å²) >= 11 is 0. The summed E-state index contributed by atoms with van der Waals surface area (Å²) in [5.41, 5.74) is 1.96. The van der Waals surface area contributed by atoms with E-state index in [1.165, 1.54) is 25.1 Å². The maximum Gasteiger partial charge on any atom is 0.0957 e. The third-order valence-electron chi connectivity index (χ3n) is 4.45. The molecule has 1 aromatic heterocycles. The minimum atomic E-state index is -0.431. The van der Waals surface area contributed by atoms with Crippen molar-refractivity contribution < 1.29 is 5.11 Å². The average Bonchev–Trinajstić information content (AvgIpc) is 3.31. The van der Waals surface area contributed by atoms with E-state index in [9.17, 15) is 5.11 Å². The molecule has 2 fully saturated rings. The molecule has 20 heavy (non-hydrogen) atoms. The molecule has 1 N–H and O–H groups in total. The van der Waals surface area contributed by atoms with Gasteiger partial charge in [-0.05, 0) is 37.3 Å². The Hall–Kier alpha value is -1.13. The van der Waals surface area contributed by atoms with Crippen LogP contribution in [0.5, 0.6) is 0 Å². The van der Waals surface area contributed by atoms with Crippen molar-refractivity contribution in [2.45, 2.75) is 32.3 Å². The van der Waals surface area contributed by atoms with Crippen molar-refractivity contribution >= 4 is 5.69 Å². The number of hydrogen-bond donors (Lipinski definition) is 1. The Morgan fingerprint density at radius 1 is 1.25 bits per heavy atom. The van der Waals surface area contributed by atoms with Gasteiger partial charge in [0, 0.05) is 32.7 Å². The van der Waals surface area contributed by atoms with E-state index in [-0.39, 0.29) is 0 Å². The molecule has 1 aliphatic heterocycles. The van der Waals surface area contributed by atoms with Crippen LogP contribution >= 0.6 is 0 Å². The quantitative estimate of drug-likeness (QED) is 0.893. The van der Waals surface area contributed by atoms with Crippen LogP contribution in [0.2, 0.25) is 0 Å². The minimum Gasteiger partial charge on any atom is -0.387 e. The molecule has 110 valence electrons.